The molecule has 0 aliphatic rings. The summed E-state index contributed by atoms with van der Waals surface area (Å²) >= 11 is 1.70. The molecule has 1 atom stereocenters. The summed E-state index contributed by atoms with van der Waals surface area (Å²) in [5, 5.41) is 5.35. The molecule has 0 saturated heterocycles. The molecular weight excluding hydrogens is 258 g/mol. The van der Waals surface area contributed by atoms with Gasteiger partial charge in [-0.3, -0.25) is 10.1 Å². The van der Waals surface area contributed by atoms with Crippen molar-refractivity contribution in [3.63, 3.8) is 0 Å². The van der Waals surface area contributed by atoms with E-state index >= 15 is 0 Å². The first-order valence-electron chi connectivity index (χ1n) is 7.11. The van der Waals surface area contributed by atoms with Gasteiger partial charge in [0.1, 0.15) is 6.04 Å². The topological polar surface area (TPSA) is 38.3 Å². The summed E-state index contributed by atoms with van der Waals surface area (Å²) in [6.45, 7) is 2.95. The minimum absolute atomic E-state index is 0.146. The molecule has 1 unspecified atom stereocenters. The standard InChI is InChI=1S/C15H25NO2S/c1-3-4-5-6-7-10-14(15(17)18-2)16-12-13-9-8-11-19-13/h8-9,11,14,16H,3-7,10,12H2,1-2H3. The van der Waals surface area contributed by atoms with E-state index < -0.39 is 0 Å². The van der Waals surface area contributed by atoms with Crippen molar-refractivity contribution in [3.8, 4) is 0 Å². The molecule has 19 heavy (non-hydrogen) atoms. The lowest BCUT2D eigenvalue weighted by atomic mass is 10.1. The Labute approximate surface area is 120 Å². The Morgan fingerprint density at radius 2 is 2.16 bits per heavy atom. The molecule has 0 bridgehead atoms. The van der Waals surface area contributed by atoms with Crippen LogP contribution in [-0.2, 0) is 16.1 Å². The van der Waals surface area contributed by atoms with Gasteiger partial charge in [0.25, 0.3) is 0 Å². The second kappa shape index (κ2) is 9.98. The number of nitrogens with one attached hydrogen (secondary N) is 1. The van der Waals surface area contributed by atoms with E-state index in [1.54, 1.807) is 11.3 Å². The van der Waals surface area contributed by atoms with Gasteiger partial charge in [-0.05, 0) is 17.9 Å². The second-order valence-electron chi connectivity index (χ2n) is 4.74. The maximum absolute atomic E-state index is 11.7. The van der Waals surface area contributed by atoms with Crippen LogP contribution in [0, 0.1) is 0 Å². The van der Waals surface area contributed by atoms with Crippen LogP contribution in [0.3, 0.4) is 0 Å². The van der Waals surface area contributed by atoms with E-state index in [0.29, 0.717) is 0 Å². The Morgan fingerprint density at radius 1 is 1.37 bits per heavy atom. The lowest BCUT2D eigenvalue weighted by molar-refractivity contribution is -0.143. The lowest BCUT2D eigenvalue weighted by Crippen LogP contribution is -2.37. The molecule has 0 radical (unpaired) electrons. The number of unbranched alkanes of at least 4 members (excludes halogenated alkanes) is 4. The van der Waals surface area contributed by atoms with Crippen LogP contribution < -0.4 is 5.32 Å². The van der Waals surface area contributed by atoms with Gasteiger partial charge < -0.3 is 4.74 Å². The first-order chi connectivity index (χ1) is 9.27. The van der Waals surface area contributed by atoms with E-state index in [-0.39, 0.29) is 12.0 Å². The van der Waals surface area contributed by atoms with Crippen molar-refractivity contribution in [2.75, 3.05) is 7.11 Å². The molecule has 0 aromatic carbocycles. The highest BCUT2D eigenvalue weighted by Crippen LogP contribution is 2.11. The summed E-state index contributed by atoms with van der Waals surface area (Å²) in [7, 11) is 1.46. The van der Waals surface area contributed by atoms with Crippen LogP contribution in [0.25, 0.3) is 0 Å². The average Bonchev–Trinajstić information content (AvgIpc) is 2.94. The molecule has 1 aromatic heterocycles. The van der Waals surface area contributed by atoms with Crippen molar-refractivity contribution >= 4 is 17.3 Å². The molecule has 1 heterocycles. The minimum Gasteiger partial charge on any atom is -0.468 e. The lowest BCUT2D eigenvalue weighted by Gasteiger charge is -2.15. The van der Waals surface area contributed by atoms with Gasteiger partial charge in [0.2, 0.25) is 0 Å². The maximum atomic E-state index is 11.7. The van der Waals surface area contributed by atoms with E-state index in [1.807, 2.05) is 6.07 Å². The summed E-state index contributed by atoms with van der Waals surface area (Å²) in [5.41, 5.74) is 0. The zero-order chi connectivity index (χ0) is 13.9. The van der Waals surface area contributed by atoms with Crippen LogP contribution in [0.4, 0.5) is 0 Å². The minimum atomic E-state index is -0.172. The van der Waals surface area contributed by atoms with Crippen molar-refractivity contribution < 1.29 is 9.53 Å². The highest BCUT2D eigenvalue weighted by atomic mass is 32.1. The molecule has 1 rings (SSSR count). The number of carbonyl (C=O) groups excluding carboxylic acids is 1. The number of carbonyl (C=O) groups is 1. The third-order valence-electron chi connectivity index (χ3n) is 3.18. The van der Waals surface area contributed by atoms with E-state index in [0.717, 1.165) is 19.4 Å². The quantitative estimate of drug-likeness (QED) is 0.525. The molecule has 1 N–H and O–H groups in total. The summed E-state index contributed by atoms with van der Waals surface area (Å²) in [4.78, 5) is 13.0. The van der Waals surface area contributed by atoms with E-state index in [4.69, 9.17) is 4.74 Å². The van der Waals surface area contributed by atoms with Crippen LogP contribution in [0.5, 0.6) is 0 Å². The largest absolute Gasteiger partial charge is 0.468 e. The van der Waals surface area contributed by atoms with Crippen LogP contribution in [-0.4, -0.2) is 19.1 Å². The maximum Gasteiger partial charge on any atom is 0.322 e. The Morgan fingerprint density at radius 3 is 2.79 bits per heavy atom. The Hall–Kier alpha value is -0.870. The fourth-order valence-corrected chi connectivity index (χ4v) is 2.69. The Balaban J connectivity index is 2.28. The third kappa shape index (κ3) is 6.73. The predicted molar refractivity (Wildman–Crippen MR) is 80.3 cm³/mol. The summed E-state index contributed by atoms with van der Waals surface area (Å²) in [5.74, 6) is -0.146. The number of ether oxygens (including phenoxy) is 1. The first kappa shape index (κ1) is 16.2. The Kier molecular flexibility index (Phi) is 8.50. The molecule has 0 fully saturated rings. The normalized spacial score (nSPS) is 12.3. The third-order valence-corrected chi connectivity index (χ3v) is 4.06. The first-order valence-corrected chi connectivity index (χ1v) is 7.99. The molecule has 0 aliphatic heterocycles. The molecular formula is C15H25NO2S. The van der Waals surface area contributed by atoms with Gasteiger partial charge in [0.05, 0.1) is 7.11 Å². The molecule has 4 heteroatoms. The molecule has 108 valence electrons. The van der Waals surface area contributed by atoms with Gasteiger partial charge in [0, 0.05) is 11.4 Å². The summed E-state index contributed by atoms with van der Waals surface area (Å²) in [6.07, 6.45) is 6.93. The predicted octanol–water partition coefficient (Wildman–Crippen LogP) is 3.74. The van der Waals surface area contributed by atoms with Gasteiger partial charge in [-0.15, -0.1) is 11.3 Å². The number of thiophene rings is 1. The smallest absolute Gasteiger partial charge is 0.322 e. The highest BCUT2D eigenvalue weighted by molar-refractivity contribution is 7.09. The number of esters is 1. The monoisotopic (exact) mass is 283 g/mol. The number of methoxy groups -OCH3 is 1. The zero-order valence-electron chi connectivity index (χ0n) is 12.0. The summed E-state index contributed by atoms with van der Waals surface area (Å²) in [6, 6.07) is 3.93. The van der Waals surface area contributed by atoms with Crippen molar-refractivity contribution in [3.05, 3.63) is 22.4 Å². The fraction of sp³-hybridized carbons (Fsp3) is 0.667. The van der Waals surface area contributed by atoms with E-state index in [2.05, 4.69) is 23.7 Å². The van der Waals surface area contributed by atoms with E-state index in [9.17, 15) is 4.79 Å². The molecule has 0 aliphatic carbocycles. The van der Waals surface area contributed by atoms with Gasteiger partial charge in [0.15, 0.2) is 0 Å². The fourth-order valence-electron chi connectivity index (χ4n) is 2.03. The van der Waals surface area contributed by atoms with Gasteiger partial charge >= 0.3 is 5.97 Å². The van der Waals surface area contributed by atoms with Gasteiger partial charge in [-0.1, -0.05) is 45.1 Å². The Bertz CT molecular complexity index is 338. The number of rotatable bonds is 10. The van der Waals surface area contributed by atoms with E-state index in [1.165, 1.54) is 37.7 Å². The highest BCUT2D eigenvalue weighted by Gasteiger charge is 2.17. The summed E-state index contributed by atoms with van der Waals surface area (Å²) < 4.78 is 4.86. The van der Waals surface area contributed by atoms with Crippen LogP contribution in [0.1, 0.15) is 50.3 Å². The van der Waals surface area contributed by atoms with Crippen LogP contribution in [0.2, 0.25) is 0 Å². The zero-order valence-corrected chi connectivity index (χ0v) is 12.8. The van der Waals surface area contributed by atoms with Crippen LogP contribution in [0.15, 0.2) is 17.5 Å². The molecule has 0 saturated carbocycles. The molecule has 1 aromatic rings. The SMILES string of the molecule is CCCCCCCC(NCc1cccs1)C(=O)OC. The molecule has 0 amide bonds. The van der Waals surface area contributed by atoms with Crippen molar-refractivity contribution in [2.24, 2.45) is 0 Å². The second-order valence-corrected chi connectivity index (χ2v) is 5.77. The van der Waals surface area contributed by atoms with Crippen molar-refractivity contribution in [1.82, 2.24) is 5.32 Å². The van der Waals surface area contributed by atoms with Gasteiger partial charge in [-0.25, -0.2) is 0 Å². The van der Waals surface area contributed by atoms with Gasteiger partial charge in [-0.2, -0.15) is 0 Å². The van der Waals surface area contributed by atoms with Crippen molar-refractivity contribution in [1.29, 1.82) is 0 Å². The van der Waals surface area contributed by atoms with Crippen LogP contribution >= 0.6 is 11.3 Å². The number of hydrogen-bond donors (Lipinski definition) is 1. The number of hydrogen-bond acceptors (Lipinski definition) is 4. The molecule has 0 spiro atoms. The molecule has 3 nitrogen and oxygen atoms in total. The van der Waals surface area contributed by atoms with Crippen molar-refractivity contribution in [2.45, 2.75) is 58.0 Å². The average molecular weight is 283 g/mol.